The molecule has 0 aliphatic carbocycles. The number of anilines is 2. The molecule has 2 aliphatic rings. The minimum Gasteiger partial charge on any atom is -0.378 e. The Morgan fingerprint density at radius 1 is 0.938 bits per heavy atom. The van der Waals surface area contributed by atoms with Crippen LogP contribution < -0.4 is 14.9 Å². The molecule has 0 bridgehead atoms. The average molecular weight is 455 g/mol. The van der Waals surface area contributed by atoms with Crippen molar-refractivity contribution in [2.24, 2.45) is 5.14 Å². The van der Waals surface area contributed by atoms with Crippen molar-refractivity contribution in [1.29, 1.82) is 0 Å². The molecule has 0 radical (unpaired) electrons. The summed E-state index contributed by atoms with van der Waals surface area (Å²) in [5.41, 5.74) is 3.91. The topological polar surface area (TPSA) is 115 Å². The molecule has 3 aromatic rings. The highest BCUT2D eigenvalue weighted by Gasteiger charge is 2.27. The quantitative estimate of drug-likeness (QED) is 0.635. The first-order chi connectivity index (χ1) is 15.5. The van der Waals surface area contributed by atoms with Crippen LogP contribution in [0.5, 0.6) is 0 Å². The van der Waals surface area contributed by atoms with Crippen molar-refractivity contribution in [2.75, 3.05) is 49.2 Å². The molecular formula is C22H26N6O3S. The van der Waals surface area contributed by atoms with Gasteiger partial charge < -0.3 is 14.5 Å². The van der Waals surface area contributed by atoms with E-state index in [0.717, 1.165) is 46.6 Å². The molecule has 0 atom stereocenters. The van der Waals surface area contributed by atoms with Gasteiger partial charge in [0, 0.05) is 43.3 Å². The molecule has 10 heteroatoms. The highest BCUT2D eigenvalue weighted by molar-refractivity contribution is 7.89. The minimum atomic E-state index is -3.48. The zero-order chi connectivity index (χ0) is 22.1. The molecule has 5 rings (SSSR count). The van der Waals surface area contributed by atoms with Crippen molar-refractivity contribution >= 4 is 32.4 Å². The third-order valence-corrected chi connectivity index (χ3v) is 7.65. The van der Waals surface area contributed by atoms with Gasteiger partial charge in [0.1, 0.15) is 12.1 Å². The smallest absolute Gasteiger partial charge is 0.212 e. The first-order valence-electron chi connectivity index (χ1n) is 10.8. The molecule has 2 fully saturated rings. The van der Waals surface area contributed by atoms with Gasteiger partial charge in [0.15, 0.2) is 0 Å². The number of fused-ring (bicyclic) bond motifs is 1. The first-order valence-corrected chi connectivity index (χ1v) is 12.4. The molecular weight excluding hydrogens is 428 g/mol. The van der Waals surface area contributed by atoms with Crippen LogP contribution in [0.1, 0.15) is 12.8 Å². The average Bonchev–Trinajstić information content (AvgIpc) is 2.83. The van der Waals surface area contributed by atoms with Gasteiger partial charge in [0.05, 0.1) is 35.9 Å². The standard InChI is InChI=1S/C22H26N6O3S/c23-32(29,30)19-3-5-27(6-4-19)18-11-17(13-24-14-18)16-1-2-21-20(12-16)22(26-15-25-21)28-7-9-31-10-8-28/h1-2,11-15,19H,3-10H2,(H2,23,29,30). The van der Waals surface area contributed by atoms with Crippen LogP contribution in [-0.2, 0) is 14.8 Å². The number of ether oxygens (including phenoxy) is 1. The fourth-order valence-corrected chi connectivity index (χ4v) is 5.32. The molecule has 0 amide bonds. The molecule has 0 saturated carbocycles. The van der Waals surface area contributed by atoms with E-state index in [1.54, 1.807) is 6.33 Å². The molecule has 9 nitrogen and oxygen atoms in total. The van der Waals surface area contributed by atoms with Crippen LogP contribution in [0.3, 0.4) is 0 Å². The number of hydrogen-bond acceptors (Lipinski definition) is 8. The number of nitrogens with zero attached hydrogens (tertiary/aromatic N) is 5. The number of morpholine rings is 1. The van der Waals surface area contributed by atoms with Crippen molar-refractivity contribution in [3.05, 3.63) is 43.0 Å². The Hall–Kier alpha value is -2.82. The van der Waals surface area contributed by atoms with Crippen LogP contribution in [0.2, 0.25) is 0 Å². The number of primary sulfonamides is 1. The number of aromatic nitrogens is 3. The maximum absolute atomic E-state index is 11.6. The van der Waals surface area contributed by atoms with E-state index in [1.165, 1.54) is 0 Å². The normalized spacial score (nSPS) is 18.3. The van der Waals surface area contributed by atoms with Gasteiger partial charge in [0.2, 0.25) is 10.0 Å². The number of pyridine rings is 1. The lowest BCUT2D eigenvalue weighted by Gasteiger charge is -2.32. The van der Waals surface area contributed by atoms with E-state index in [0.29, 0.717) is 39.1 Å². The molecule has 2 aliphatic heterocycles. The Balaban J connectivity index is 1.43. The van der Waals surface area contributed by atoms with Crippen molar-refractivity contribution < 1.29 is 13.2 Å². The number of sulfonamides is 1. The molecule has 2 saturated heterocycles. The van der Waals surface area contributed by atoms with Crippen molar-refractivity contribution in [1.82, 2.24) is 15.0 Å². The monoisotopic (exact) mass is 454 g/mol. The Morgan fingerprint density at radius 2 is 1.72 bits per heavy atom. The van der Waals surface area contributed by atoms with E-state index in [9.17, 15) is 8.42 Å². The van der Waals surface area contributed by atoms with Crippen LogP contribution in [-0.4, -0.2) is 68.0 Å². The summed E-state index contributed by atoms with van der Waals surface area (Å²) >= 11 is 0. The fraction of sp³-hybridized carbons (Fsp3) is 0.409. The summed E-state index contributed by atoms with van der Waals surface area (Å²) in [4.78, 5) is 17.9. The van der Waals surface area contributed by atoms with Gasteiger partial charge >= 0.3 is 0 Å². The number of hydrogen-bond donors (Lipinski definition) is 1. The van der Waals surface area contributed by atoms with Gasteiger partial charge in [-0.15, -0.1) is 0 Å². The Kier molecular flexibility index (Phi) is 5.66. The molecule has 2 N–H and O–H groups in total. The van der Waals surface area contributed by atoms with Crippen LogP contribution in [0, 0.1) is 0 Å². The largest absolute Gasteiger partial charge is 0.378 e. The van der Waals surface area contributed by atoms with E-state index < -0.39 is 15.3 Å². The lowest BCUT2D eigenvalue weighted by molar-refractivity contribution is 0.122. The Bertz CT molecular complexity index is 1220. The fourth-order valence-electron chi connectivity index (χ4n) is 4.45. The van der Waals surface area contributed by atoms with E-state index >= 15 is 0 Å². The van der Waals surface area contributed by atoms with Gasteiger partial charge in [0.25, 0.3) is 0 Å². The second-order valence-electron chi connectivity index (χ2n) is 8.24. The SMILES string of the molecule is NS(=O)(=O)C1CCN(c2cncc(-c3ccc4ncnc(N5CCOCC5)c4c3)c2)CC1. The molecule has 1 aromatic carbocycles. The maximum Gasteiger partial charge on any atom is 0.212 e. The second kappa shape index (κ2) is 8.61. The number of benzene rings is 1. The van der Waals surface area contributed by atoms with Crippen molar-refractivity contribution in [3.8, 4) is 11.1 Å². The predicted octanol–water partition coefficient (Wildman–Crippen LogP) is 1.79. The minimum absolute atomic E-state index is 0.464. The van der Waals surface area contributed by atoms with Gasteiger partial charge in [-0.1, -0.05) is 6.07 Å². The summed E-state index contributed by atoms with van der Waals surface area (Å²) < 4.78 is 28.8. The lowest BCUT2D eigenvalue weighted by atomic mass is 10.0. The summed E-state index contributed by atoms with van der Waals surface area (Å²) in [5, 5.41) is 5.87. The van der Waals surface area contributed by atoms with Crippen molar-refractivity contribution in [2.45, 2.75) is 18.1 Å². The number of nitrogens with two attached hydrogens (primary N) is 1. The second-order valence-corrected chi connectivity index (χ2v) is 10.1. The van der Waals surface area contributed by atoms with Crippen molar-refractivity contribution in [3.63, 3.8) is 0 Å². The first kappa shape index (κ1) is 21.0. The van der Waals surface area contributed by atoms with Crippen LogP contribution in [0.4, 0.5) is 11.5 Å². The maximum atomic E-state index is 11.6. The molecule has 2 aromatic heterocycles. The zero-order valence-electron chi connectivity index (χ0n) is 17.7. The Labute approximate surface area is 187 Å². The van der Waals surface area contributed by atoms with E-state index in [1.807, 2.05) is 24.5 Å². The summed E-state index contributed by atoms with van der Waals surface area (Å²) in [6.45, 7) is 4.28. The van der Waals surface area contributed by atoms with Gasteiger partial charge in [-0.25, -0.2) is 23.5 Å². The number of rotatable bonds is 4. The molecule has 0 unspecified atom stereocenters. The van der Waals surface area contributed by atoms with E-state index in [2.05, 4.69) is 36.9 Å². The van der Waals surface area contributed by atoms with Gasteiger partial charge in [-0.05, 0) is 36.6 Å². The Morgan fingerprint density at radius 3 is 2.47 bits per heavy atom. The lowest BCUT2D eigenvalue weighted by Crippen LogP contribution is -2.41. The van der Waals surface area contributed by atoms with E-state index in [-0.39, 0.29) is 0 Å². The summed E-state index contributed by atoms with van der Waals surface area (Å²) in [7, 11) is -3.48. The number of piperidine rings is 1. The molecule has 32 heavy (non-hydrogen) atoms. The zero-order valence-corrected chi connectivity index (χ0v) is 18.5. The molecule has 0 spiro atoms. The van der Waals surface area contributed by atoms with Gasteiger partial charge in [-0.3, -0.25) is 4.98 Å². The summed E-state index contributed by atoms with van der Waals surface area (Å²) in [6, 6.07) is 8.28. The van der Waals surface area contributed by atoms with E-state index in [4.69, 9.17) is 9.88 Å². The van der Waals surface area contributed by atoms with Gasteiger partial charge in [-0.2, -0.15) is 0 Å². The predicted molar refractivity (Wildman–Crippen MR) is 124 cm³/mol. The summed E-state index contributed by atoms with van der Waals surface area (Å²) in [5.74, 6) is 0.925. The summed E-state index contributed by atoms with van der Waals surface area (Å²) in [6.07, 6.45) is 6.34. The highest BCUT2D eigenvalue weighted by Crippen LogP contribution is 2.31. The molecule has 168 valence electrons. The van der Waals surface area contributed by atoms with Crippen LogP contribution >= 0.6 is 0 Å². The molecule has 4 heterocycles. The third-order valence-electron chi connectivity index (χ3n) is 6.25. The van der Waals surface area contributed by atoms with Crippen LogP contribution in [0.25, 0.3) is 22.0 Å². The van der Waals surface area contributed by atoms with Crippen LogP contribution in [0.15, 0.2) is 43.0 Å². The third kappa shape index (κ3) is 4.25. The highest BCUT2D eigenvalue weighted by atomic mass is 32.2.